The van der Waals surface area contributed by atoms with Crippen LogP contribution < -0.4 is 10.2 Å². The fraction of sp³-hybridized carbons (Fsp3) is 0.333. The topological polar surface area (TPSA) is 37.3 Å². The van der Waals surface area contributed by atoms with E-state index in [1.54, 1.807) is 4.90 Å². The number of hydrogen-bond donors (Lipinski definition) is 1. The van der Waals surface area contributed by atoms with Crippen LogP contribution in [0.2, 0.25) is 0 Å². The maximum absolute atomic E-state index is 13.0. The summed E-state index contributed by atoms with van der Waals surface area (Å²) >= 11 is 5.43. The van der Waals surface area contributed by atoms with E-state index in [2.05, 4.69) is 49.7 Å². The molecular formula is C21H25N3OS. The molecule has 1 saturated heterocycles. The number of aromatic nitrogens is 1. The van der Waals surface area contributed by atoms with Gasteiger partial charge in [-0.15, -0.1) is 0 Å². The van der Waals surface area contributed by atoms with Gasteiger partial charge in [-0.1, -0.05) is 6.07 Å². The van der Waals surface area contributed by atoms with Crippen LogP contribution >= 0.6 is 12.2 Å². The summed E-state index contributed by atoms with van der Waals surface area (Å²) in [6, 6.07) is 8.53. The molecule has 3 rings (SSSR count). The molecule has 2 aromatic rings. The van der Waals surface area contributed by atoms with E-state index in [1.807, 2.05) is 32.1 Å². The Morgan fingerprint density at radius 1 is 1.04 bits per heavy atom. The van der Waals surface area contributed by atoms with Crippen LogP contribution in [-0.2, 0) is 4.79 Å². The average molecular weight is 368 g/mol. The van der Waals surface area contributed by atoms with Gasteiger partial charge < -0.3 is 9.88 Å². The van der Waals surface area contributed by atoms with Gasteiger partial charge in [-0.3, -0.25) is 9.69 Å². The number of aryl methyl sites for hydroxylation is 3. The van der Waals surface area contributed by atoms with E-state index in [0.717, 1.165) is 28.1 Å². The van der Waals surface area contributed by atoms with E-state index in [0.29, 0.717) is 16.9 Å². The van der Waals surface area contributed by atoms with Crippen LogP contribution in [0.1, 0.15) is 48.0 Å². The first-order valence-electron chi connectivity index (χ1n) is 8.83. The smallest absolute Gasteiger partial charge is 0.281 e. The predicted molar refractivity (Wildman–Crippen MR) is 111 cm³/mol. The molecule has 0 aliphatic carbocycles. The van der Waals surface area contributed by atoms with Gasteiger partial charge in [0.15, 0.2) is 5.11 Å². The summed E-state index contributed by atoms with van der Waals surface area (Å²) in [5.74, 6) is -0.116. The molecule has 2 heterocycles. The zero-order chi connectivity index (χ0) is 19.2. The molecule has 0 saturated carbocycles. The van der Waals surface area contributed by atoms with E-state index in [9.17, 15) is 4.79 Å². The van der Waals surface area contributed by atoms with Crippen LogP contribution in [0.3, 0.4) is 0 Å². The third-order valence-corrected chi connectivity index (χ3v) is 4.97. The monoisotopic (exact) mass is 367 g/mol. The van der Waals surface area contributed by atoms with Gasteiger partial charge in [-0.2, -0.15) is 0 Å². The number of carbonyl (C=O) groups is 1. The molecule has 0 bridgehead atoms. The Balaban J connectivity index is 1.99. The SMILES string of the molecule is Cc1cc(C)cc(N2C(=O)/C(=C/c3cc(C)n(C(C)C)c3C)NC2=S)c1. The van der Waals surface area contributed by atoms with E-state index in [-0.39, 0.29) is 5.91 Å². The van der Waals surface area contributed by atoms with Crippen LogP contribution in [0.15, 0.2) is 30.0 Å². The summed E-state index contributed by atoms with van der Waals surface area (Å²) in [5, 5.41) is 3.50. The molecule has 136 valence electrons. The number of hydrogen-bond acceptors (Lipinski definition) is 2. The highest BCUT2D eigenvalue weighted by atomic mass is 32.1. The molecule has 0 spiro atoms. The maximum Gasteiger partial charge on any atom is 0.281 e. The number of nitrogens with one attached hydrogen (secondary N) is 1. The molecule has 0 radical (unpaired) electrons. The molecule has 1 aliphatic rings. The zero-order valence-electron chi connectivity index (χ0n) is 16.2. The number of benzene rings is 1. The highest BCUT2D eigenvalue weighted by molar-refractivity contribution is 7.80. The van der Waals surface area contributed by atoms with Gasteiger partial charge in [-0.05, 0) is 94.7 Å². The molecular weight excluding hydrogens is 342 g/mol. The van der Waals surface area contributed by atoms with Gasteiger partial charge in [0.25, 0.3) is 5.91 Å². The van der Waals surface area contributed by atoms with Crippen LogP contribution in [-0.4, -0.2) is 15.6 Å². The van der Waals surface area contributed by atoms with Crippen LogP contribution in [0.25, 0.3) is 6.08 Å². The van der Waals surface area contributed by atoms with Gasteiger partial charge >= 0.3 is 0 Å². The summed E-state index contributed by atoms with van der Waals surface area (Å²) in [7, 11) is 0. The molecule has 1 N–H and O–H groups in total. The Kier molecular flexibility index (Phi) is 4.76. The summed E-state index contributed by atoms with van der Waals surface area (Å²) in [4.78, 5) is 14.6. The van der Waals surface area contributed by atoms with Crippen molar-refractivity contribution in [3.63, 3.8) is 0 Å². The van der Waals surface area contributed by atoms with Crippen molar-refractivity contribution in [1.29, 1.82) is 0 Å². The molecule has 0 atom stereocenters. The van der Waals surface area contributed by atoms with Gasteiger partial charge in [0.05, 0.1) is 5.69 Å². The number of carbonyl (C=O) groups excluding carboxylic acids is 1. The van der Waals surface area contributed by atoms with E-state index in [1.165, 1.54) is 5.69 Å². The highest BCUT2D eigenvalue weighted by Crippen LogP contribution is 2.27. The summed E-state index contributed by atoms with van der Waals surface area (Å²) in [5.41, 5.74) is 6.90. The van der Waals surface area contributed by atoms with Crippen molar-refractivity contribution in [2.24, 2.45) is 0 Å². The number of rotatable bonds is 3. The van der Waals surface area contributed by atoms with Crippen molar-refractivity contribution in [2.45, 2.75) is 47.6 Å². The van der Waals surface area contributed by atoms with Crippen LogP contribution in [0.5, 0.6) is 0 Å². The van der Waals surface area contributed by atoms with Crippen LogP contribution in [0, 0.1) is 27.7 Å². The summed E-state index contributed by atoms with van der Waals surface area (Å²) in [6.07, 6.45) is 1.90. The van der Waals surface area contributed by atoms with E-state index >= 15 is 0 Å². The molecule has 0 unspecified atom stereocenters. The molecule has 26 heavy (non-hydrogen) atoms. The Hall–Kier alpha value is -2.40. The third-order valence-electron chi connectivity index (χ3n) is 4.68. The number of anilines is 1. The van der Waals surface area contributed by atoms with Crippen molar-refractivity contribution in [2.75, 3.05) is 4.90 Å². The van der Waals surface area contributed by atoms with E-state index in [4.69, 9.17) is 12.2 Å². The zero-order valence-corrected chi connectivity index (χ0v) is 17.0. The lowest BCUT2D eigenvalue weighted by Crippen LogP contribution is -2.30. The largest absolute Gasteiger partial charge is 0.346 e. The molecule has 5 heteroatoms. The number of nitrogens with zero attached hydrogens (tertiary/aromatic N) is 2. The van der Waals surface area contributed by atoms with E-state index < -0.39 is 0 Å². The van der Waals surface area contributed by atoms with Crippen molar-refractivity contribution in [3.8, 4) is 0 Å². The molecule has 1 fully saturated rings. The Bertz CT molecular complexity index is 917. The first-order valence-corrected chi connectivity index (χ1v) is 9.23. The normalized spacial score (nSPS) is 16.1. The minimum Gasteiger partial charge on any atom is -0.346 e. The van der Waals surface area contributed by atoms with Crippen molar-refractivity contribution in [1.82, 2.24) is 9.88 Å². The van der Waals surface area contributed by atoms with Crippen molar-refractivity contribution in [3.05, 3.63) is 58.0 Å². The lowest BCUT2D eigenvalue weighted by molar-refractivity contribution is -0.113. The summed E-state index contributed by atoms with van der Waals surface area (Å²) in [6.45, 7) is 12.5. The Morgan fingerprint density at radius 3 is 2.19 bits per heavy atom. The van der Waals surface area contributed by atoms with Crippen LogP contribution in [0.4, 0.5) is 5.69 Å². The first-order chi connectivity index (χ1) is 12.2. The van der Waals surface area contributed by atoms with Crippen molar-refractivity contribution >= 4 is 35.0 Å². The fourth-order valence-electron chi connectivity index (χ4n) is 3.75. The second-order valence-electron chi connectivity index (χ2n) is 7.26. The first kappa shape index (κ1) is 18.4. The van der Waals surface area contributed by atoms with Gasteiger partial charge in [0.1, 0.15) is 5.70 Å². The lowest BCUT2D eigenvalue weighted by atomic mass is 10.1. The molecule has 1 aromatic carbocycles. The Morgan fingerprint density at radius 2 is 1.65 bits per heavy atom. The van der Waals surface area contributed by atoms with Crippen molar-refractivity contribution < 1.29 is 4.79 Å². The minimum atomic E-state index is -0.116. The average Bonchev–Trinajstić information content (AvgIpc) is 2.94. The standard InChI is InChI=1S/C21H25N3OS/c1-12(2)23-15(5)10-17(16(23)6)11-19-20(25)24(21(26)22-19)18-8-13(3)7-14(4)9-18/h7-12H,1-6H3,(H,22,26)/b19-11-. The predicted octanol–water partition coefficient (Wildman–Crippen LogP) is 4.56. The van der Waals surface area contributed by atoms with Gasteiger partial charge in [0.2, 0.25) is 0 Å². The minimum absolute atomic E-state index is 0.116. The fourth-order valence-corrected chi connectivity index (χ4v) is 4.05. The van der Waals surface area contributed by atoms with Gasteiger partial charge in [0, 0.05) is 17.4 Å². The molecule has 1 aliphatic heterocycles. The third kappa shape index (κ3) is 3.19. The Labute approximate surface area is 160 Å². The summed E-state index contributed by atoms with van der Waals surface area (Å²) < 4.78 is 2.27. The number of amides is 1. The van der Waals surface area contributed by atoms with Gasteiger partial charge in [-0.25, -0.2) is 0 Å². The maximum atomic E-state index is 13.0. The lowest BCUT2D eigenvalue weighted by Gasteiger charge is -2.15. The second kappa shape index (κ2) is 6.72. The second-order valence-corrected chi connectivity index (χ2v) is 7.65. The highest BCUT2D eigenvalue weighted by Gasteiger charge is 2.32. The molecule has 4 nitrogen and oxygen atoms in total. The number of thiocarbonyl (C=S) groups is 1. The molecule has 1 amide bonds. The quantitative estimate of drug-likeness (QED) is 0.638. The molecule has 1 aromatic heterocycles.